The second-order valence-corrected chi connectivity index (χ2v) is 12.0. The molecular weight excluding hydrogens is 564 g/mol. The third-order valence-corrected chi connectivity index (χ3v) is 7.14. The Morgan fingerprint density at radius 1 is 0.955 bits per heavy atom. The van der Waals surface area contributed by atoms with Crippen molar-refractivity contribution >= 4 is 29.8 Å². The fraction of sp³-hybridized carbons (Fsp3) is 0.667. The number of nitrogens with zero attached hydrogens (tertiary/aromatic N) is 1. The molecule has 0 aliphatic heterocycles. The van der Waals surface area contributed by atoms with Crippen molar-refractivity contribution in [2.24, 2.45) is 5.73 Å². The van der Waals surface area contributed by atoms with Crippen LogP contribution in [-0.4, -0.2) is 66.0 Å². The van der Waals surface area contributed by atoms with Gasteiger partial charge < -0.3 is 30.7 Å². The van der Waals surface area contributed by atoms with E-state index in [1.807, 2.05) is 26.0 Å². The number of esters is 1. The van der Waals surface area contributed by atoms with Crippen molar-refractivity contribution < 1.29 is 33.4 Å². The molecule has 4 amide bonds. The molecule has 0 aromatic heterocycles. The number of rotatable bonds is 19. The first-order chi connectivity index (χ1) is 20.7. The van der Waals surface area contributed by atoms with Gasteiger partial charge in [0, 0.05) is 19.5 Å². The molecule has 11 nitrogen and oxygen atoms in total. The van der Waals surface area contributed by atoms with Gasteiger partial charge in [-0.1, -0.05) is 57.2 Å². The molecule has 11 heteroatoms. The molecule has 0 radical (unpaired) electrons. The molecule has 2 unspecified atom stereocenters. The molecule has 0 aliphatic rings. The summed E-state index contributed by atoms with van der Waals surface area (Å²) >= 11 is 0. The summed E-state index contributed by atoms with van der Waals surface area (Å²) in [5.41, 5.74) is 7.00. The smallest absolute Gasteiger partial charge is 0.408 e. The van der Waals surface area contributed by atoms with Gasteiger partial charge >= 0.3 is 12.1 Å². The van der Waals surface area contributed by atoms with E-state index in [4.69, 9.17) is 15.2 Å². The average molecular weight is 619 g/mol. The lowest BCUT2D eigenvalue weighted by atomic mass is 9.94. The van der Waals surface area contributed by atoms with Crippen LogP contribution in [0.2, 0.25) is 0 Å². The van der Waals surface area contributed by atoms with Crippen molar-refractivity contribution in [3.63, 3.8) is 0 Å². The van der Waals surface area contributed by atoms with Gasteiger partial charge in [0.25, 0.3) is 0 Å². The van der Waals surface area contributed by atoms with Crippen molar-refractivity contribution in [1.82, 2.24) is 15.5 Å². The molecule has 0 saturated heterocycles. The van der Waals surface area contributed by atoms with Crippen molar-refractivity contribution in [1.29, 1.82) is 0 Å². The summed E-state index contributed by atoms with van der Waals surface area (Å²) in [4.78, 5) is 66.2. The van der Waals surface area contributed by atoms with Crippen LogP contribution in [0.1, 0.15) is 115 Å². The molecule has 248 valence electrons. The van der Waals surface area contributed by atoms with Gasteiger partial charge in [-0.3, -0.25) is 19.2 Å². The zero-order chi connectivity index (χ0) is 33.3. The molecule has 0 fully saturated rings. The second kappa shape index (κ2) is 19.6. The van der Waals surface area contributed by atoms with E-state index in [0.29, 0.717) is 12.0 Å². The standard InChI is InChI=1S/C33H54N4O7/c1-8-10-11-12-13-14-22-37(31(41)26(18-19-27(34)38)36-32(42)44-33(5,6)7)29(25-17-15-16-23(3)24(25)4)30(40)35-21-20-28(39)43-9-2/h15-17,26,29H,8-14,18-22H2,1-7H3,(H2,34,38)(H,35,40)(H,36,42). The number of aryl methyl sites for hydroxylation is 1. The molecular formula is C33H54N4O7. The highest BCUT2D eigenvalue weighted by Gasteiger charge is 2.37. The lowest BCUT2D eigenvalue weighted by Crippen LogP contribution is -2.53. The Morgan fingerprint density at radius 3 is 2.23 bits per heavy atom. The van der Waals surface area contributed by atoms with Crippen LogP contribution in [0, 0.1) is 13.8 Å². The van der Waals surface area contributed by atoms with Crippen LogP contribution in [0.4, 0.5) is 4.79 Å². The normalized spacial score (nSPS) is 12.5. The highest BCUT2D eigenvalue weighted by atomic mass is 16.6. The highest BCUT2D eigenvalue weighted by Crippen LogP contribution is 2.28. The summed E-state index contributed by atoms with van der Waals surface area (Å²) in [6.45, 7) is 13.3. The van der Waals surface area contributed by atoms with Crippen LogP contribution < -0.4 is 16.4 Å². The minimum absolute atomic E-state index is 0.0219. The monoisotopic (exact) mass is 618 g/mol. The number of benzene rings is 1. The molecule has 1 aromatic carbocycles. The molecule has 1 aromatic rings. The third-order valence-electron chi connectivity index (χ3n) is 7.14. The summed E-state index contributed by atoms with van der Waals surface area (Å²) in [6, 6.07) is 3.33. The van der Waals surface area contributed by atoms with E-state index in [0.717, 1.165) is 43.2 Å². The number of carbonyl (C=O) groups excluding carboxylic acids is 5. The maximum atomic E-state index is 14.4. The fourth-order valence-electron chi connectivity index (χ4n) is 4.76. The van der Waals surface area contributed by atoms with Crippen LogP contribution in [0.3, 0.4) is 0 Å². The first-order valence-corrected chi connectivity index (χ1v) is 15.8. The Bertz CT molecular complexity index is 1100. The topological polar surface area (TPSA) is 157 Å². The van der Waals surface area contributed by atoms with Gasteiger partial charge in [0.15, 0.2) is 0 Å². The molecule has 2 atom stereocenters. The van der Waals surface area contributed by atoms with Crippen molar-refractivity contribution in [2.75, 3.05) is 19.7 Å². The van der Waals surface area contributed by atoms with Gasteiger partial charge in [-0.25, -0.2) is 4.79 Å². The number of alkyl carbamates (subject to hydrolysis) is 1. The zero-order valence-corrected chi connectivity index (χ0v) is 27.8. The van der Waals surface area contributed by atoms with Gasteiger partial charge in [-0.15, -0.1) is 0 Å². The maximum absolute atomic E-state index is 14.4. The molecule has 44 heavy (non-hydrogen) atoms. The minimum Gasteiger partial charge on any atom is -0.466 e. The average Bonchev–Trinajstić information content (AvgIpc) is 2.93. The lowest BCUT2D eigenvalue weighted by Gasteiger charge is -2.35. The Balaban J connectivity index is 3.54. The largest absolute Gasteiger partial charge is 0.466 e. The quantitative estimate of drug-likeness (QED) is 0.149. The predicted molar refractivity (Wildman–Crippen MR) is 170 cm³/mol. The van der Waals surface area contributed by atoms with Gasteiger partial charge in [-0.05, 0) is 71.1 Å². The van der Waals surface area contributed by atoms with Crippen molar-refractivity contribution in [3.8, 4) is 0 Å². The number of carbonyl (C=O) groups is 5. The molecule has 4 N–H and O–H groups in total. The number of ether oxygens (including phenoxy) is 2. The van der Waals surface area contributed by atoms with Crippen LogP contribution >= 0.6 is 0 Å². The van der Waals surface area contributed by atoms with E-state index >= 15 is 0 Å². The molecule has 0 saturated carbocycles. The van der Waals surface area contributed by atoms with Crippen LogP contribution in [0.15, 0.2) is 18.2 Å². The Kier molecular flexibility index (Phi) is 17.1. The SMILES string of the molecule is CCCCCCCCN(C(=O)C(CCC(N)=O)NC(=O)OC(C)(C)C)C(C(=O)NCCC(=O)OCC)c1cccc(C)c1C. The fourth-order valence-corrected chi connectivity index (χ4v) is 4.76. The molecule has 0 aliphatic carbocycles. The first kappa shape index (κ1) is 38.4. The summed E-state index contributed by atoms with van der Waals surface area (Å²) in [6.07, 6.45) is 4.68. The molecule has 0 heterocycles. The zero-order valence-electron chi connectivity index (χ0n) is 27.8. The number of nitrogens with two attached hydrogens (primary N) is 1. The lowest BCUT2D eigenvalue weighted by molar-refractivity contribution is -0.144. The number of unbranched alkanes of at least 4 members (excludes halogenated alkanes) is 5. The first-order valence-electron chi connectivity index (χ1n) is 15.8. The molecule has 0 bridgehead atoms. The number of hydrogen-bond donors (Lipinski definition) is 3. The summed E-state index contributed by atoms with van der Waals surface area (Å²) in [5, 5.41) is 5.43. The van der Waals surface area contributed by atoms with Gasteiger partial charge in [0.05, 0.1) is 13.0 Å². The van der Waals surface area contributed by atoms with E-state index in [-0.39, 0.29) is 39.0 Å². The van der Waals surface area contributed by atoms with E-state index in [2.05, 4.69) is 17.6 Å². The van der Waals surface area contributed by atoms with Crippen molar-refractivity contribution in [3.05, 3.63) is 34.9 Å². The number of hydrogen-bond acceptors (Lipinski definition) is 7. The summed E-state index contributed by atoms with van der Waals surface area (Å²) < 4.78 is 10.4. The number of nitrogens with one attached hydrogen (secondary N) is 2. The van der Waals surface area contributed by atoms with Crippen LogP contribution in [-0.2, 0) is 28.7 Å². The van der Waals surface area contributed by atoms with Gasteiger partial charge in [0.1, 0.15) is 17.7 Å². The maximum Gasteiger partial charge on any atom is 0.408 e. The number of primary amides is 1. The van der Waals surface area contributed by atoms with E-state index in [9.17, 15) is 24.0 Å². The predicted octanol–water partition coefficient (Wildman–Crippen LogP) is 4.76. The van der Waals surface area contributed by atoms with E-state index < -0.39 is 47.5 Å². The second-order valence-electron chi connectivity index (χ2n) is 12.0. The van der Waals surface area contributed by atoms with Crippen LogP contribution in [0.5, 0.6) is 0 Å². The van der Waals surface area contributed by atoms with E-state index in [1.165, 1.54) is 4.90 Å². The molecule has 1 rings (SSSR count). The van der Waals surface area contributed by atoms with Gasteiger partial charge in [-0.2, -0.15) is 0 Å². The minimum atomic E-state index is -1.17. The molecule has 0 spiro atoms. The summed E-state index contributed by atoms with van der Waals surface area (Å²) in [5.74, 6) is -2.06. The van der Waals surface area contributed by atoms with Gasteiger partial charge in [0.2, 0.25) is 17.7 Å². The van der Waals surface area contributed by atoms with Crippen molar-refractivity contribution in [2.45, 2.75) is 124 Å². The Morgan fingerprint density at radius 2 is 1.61 bits per heavy atom. The summed E-state index contributed by atoms with van der Waals surface area (Å²) in [7, 11) is 0. The number of amides is 4. The van der Waals surface area contributed by atoms with Crippen LogP contribution in [0.25, 0.3) is 0 Å². The Hall–Kier alpha value is -3.63. The highest BCUT2D eigenvalue weighted by molar-refractivity contribution is 5.93. The van der Waals surface area contributed by atoms with E-state index in [1.54, 1.807) is 33.8 Å². The Labute approximate surface area is 263 Å². The third kappa shape index (κ3) is 14.2.